The Morgan fingerprint density at radius 1 is 0.980 bits per heavy atom. The van der Waals surface area contributed by atoms with Crippen LogP contribution in [0, 0.1) is 5.92 Å². The van der Waals surface area contributed by atoms with E-state index in [1.807, 2.05) is 31.3 Å². The highest BCUT2D eigenvalue weighted by atomic mass is 16.2. The Kier molecular flexibility index (Phi) is 14.7. The van der Waals surface area contributed by atoms with Crippen LogP contribution in [-0.2, 0) is 40.0 Å². The van der Waals surface area contributed by atoms with E-state index in [1.165, 1.54) is 11.8 Å². The number of nitrogens with one attached hydrogen (secondary N) is 6. The third kappa shape index (κ3) is 11.2. The fourth-order valence-electron chi connectivity index (χ4n) is 6.92. The third-order valence-electron chi connectivity index (χ3n) is 9.80. The Morgan fingerprint density at radius 3 is 2.49 bits per heavy atom. The largest absolute Gasteiger partial charge is 0.361 e. The number of Topliss-reactive ketones (excluding diaryl/α,β-unsaturated/α-hetero) is 2. The molecule has 2 aliphatic rings. The maximum atomic E-state index is 14.0. The van der Waals surface area contributed by atoms with E-state index in [-0.39, 0.29) is 48.6 Å². The van der Waals surface area contributed by atoms with Crippen LogP contribution in [0.2, 0.25) is 0 Å². The van der Waals surface area contributed by atoms with E-state index in [4.69, 9.17) is 0 Å². The lowest BCUT2D eigenvalue weighted by Gasteiger charge is -2.28. The van der Waals surface area contributed by atoms with E-state index in [0.717, 1.165) is 29.4 Å². The second kappa shape index (κ2) is 19.1. The van der Waals surface area contributed by atoms with E-state index in [1.54, 1.807) is 13.1 Å². The van der Waals surface area contributed by atoms with Crippen LogP contribution < -0.4 is 26.6 Å². The van der Waals surface area contributed by atoms with Gasteiger partial charge in [-0.25, -0.2) is 0 Å². The van der Waals surface area contributed by atoms with Gasteiger partial charge >= 0.3 is 0 Å². The molecule has 2 aliphatic heterocycles. The van der Waals surface area contributed by atoms with Gasteiger partial charge in [0.25, 0.3) is 0 Å². The second-order valence-corrected chi connectivity index (χ2v) is 13.7. The molecular formula is C37H53N7O7. The number of benzene rings is 1. The number of nitrogens with zero attached hydrogens (tertiary/aromatic N) is 1. The SMILES string of the molecule is CNCCCC(=O)NCCCCC(CC(=O)C1CCC(=O)N1)C(=O)NC(Cc1c[nH]c2ccccc12)C(=O)NC(C)C(=O)N1CCCC1C(C)=O. The highest BCUT2D eigenvalue weighted by Gasteiger charge is 2.36. The van der Waals surface area contributed by atoms with Crippen molar-refractivity contribution in [1.29, 1.82) is 0 Å². The van der Waals surface area contributed by atoms with Crippen LogP contribution in [0.15, 0.2) is 30.5 Å². The van der Waals surface area contributed by atoms with E-state index in [9.17, 15) is 33.6 Å². The van der Waals surface area contributed by atoms with Gasteiger partial charge in [-0.2, -0.15) is 0 Å². The minimum atomic E-state index is -1.09. The average molecular weight is 708 g/mol. The number of ketones is 2. The van der Waals surface area contributed by atoms with Crippen LogP contribution in [-0.4, -0.2) is 102 Å². The van der Waals surface area contributed by atoms with Gasteiger partial charge in [0.1, 0.15) is 12.1 Å². The molecular weight excluding hydrogens is 654 g/mol. The molecule has 2 aromatic rings. The van der Waals surface area contributed by atoms with Crippen LogP contribution in [0.4, 0.5) is 0 Å². The molecule has 14 heteroatoms. The van der Waals surface area contributed by atoms with Gasteiger partial charge in [0.05, 0.1) is 12.1 Å². The van der Waals surface area contributed by atoms with Crippen LogP contribution in [0.3, 0.4) is 0 Å². The van der Waals surface area contributed by atoms with E-state index in [0.29, 0.717) is 58.0 Å². The first kappa shape index (κ1) is 39.2. The normalized spacial score (nSPS) is 18.9. The lowest BCUT2D eigenvalue weighted by molar-refractivity contribution is -0.140. The van der Waals surface area contributed by atoms with Gasteiger partial charge in [-0.15, -0.1) is 0 Å². The summed E-state index contributed by atoms with van der Waals surface area (Å²) in [6.07, 6.45) is 6.25. The summed E-state index contributed by atoms with van der Waals surface area (Å²) >= 11 is 0. The molecule has 3 heterocycles. The first-order valence-corrected chi connectivity index (χ1v) is 18.2. The molecule has 0 spiro atoms. The third-order valence-corrected chi connectivity index (χ3v) is 9.80. The minimum absolute atomic E-state index is 0.0490. The summed E-state index contributed by atoms with van der Waals surface area (Å²) < 4.78 is 0. The second-order valence-electron chi connectivity index (χ2n) is 13.7. The molecule has 4 rings (SSSR count). The summed E-state index contributed by atoms with van der Waals surface area (Å²) in [6.45, 7) is 4.62. The molecule has 51 heavy (non-hydrogen) atoms. The molecule has 1 aromatic carbocycles. The van der Waals surface area contributed by atoms with E-state index >= 15 is 0 Å². The number of unbranched alkanes of at least 4 members (excludes halogenated alkanes) is 1. The van der Waals surface area contributed by atoms with Crippen molar-refractivity contribution >= 4 is 52.0 Å². The summed E-state index contributed by atoms with van der Waals surface area (Å²) in [5, 5.41) is 15.1. The predicted octanol–water partition coefficient (Wildman–Crippen LogP) is 1.42. The maximum absolute atomic E-state index is 14.0. The molecule has 5 unspecified atom stereocenters. The fraction of sp³-hybridized carbons (Fsp3) is 0.595. The van der Waals surface area contributed by atoms with Crippen molar-refractivity contribution in [2.45, 2.75) is 109 Å². The number of H-pyrrole nitrogens is 1. The van der Waals surface area contributed by atoms with Crippen molar-refractivity contribution < 1.29 is 33.6 Å². The van der Waals surface area contributed by atoms with Gasteiger partial charge in [0.2, 0.25) is 29.5 Å². The number of amides is 5. The Labute approximate surface area is 299 Å². The van der Waals surface area contributed by atoms with Crippen molar-refractivity contribution in [3.63, 3.8) is 0 Å². The molecule has 5 amide bonds. The number of hydrogen-bond acceptors (Lipinski definition) is 8. The van der Waals surface area contributed by atoms with Crippen molar-refractivity contribution in [1.82, 2.24) is 36.5 Å². The molecule has 2 fully saturated rings. The van der Waals surface area contributed by atoms with Crippen molar-refractivity contribution in [3.8, 4) is 0 Å². The molecule has 0 aliphatic carbocycles. The number of carbonyl (C=O) groups excluding carboxylic acids is 7. The van der Waals surface area contributed by atoms with Gasteiger partial charge in [-0.3, -0.25) is 33.6 Å². The number of likely N-dealkylation sites (tertiary alicyclic amines) is 1. The summed E-state index contributed by atoms with van der Waals surface area (Å²) in [7, 11) is 1.83. The van der Waals surface area contributed by atoms with E-state index < -0.39 is 41.9 Å². The number of aromatic nitrogens is 1. The van der Waals surface area contributed by atoms with Crippen molar-refractivity contribution in [2.24, 2.45) is 5.92 Å². The van der Waals surface area contributed by atoms with Crippen LogP contribution in [0.25, 0.3) is 10.9 Å². The molecule has 0 radical (unpaired) electrons. The molecule has 14 nitrogen and oxygen atoms in total. The predicted molar refractivity (Wildman–Crippen MR) is 191 cm³/mol. The zero-order valence-electron chi connectivity index (χ0n) is 30.0. The monoisotopic (exact) mass is 707 g/mol. The lowest BCUT2D eigenvalue weighted by Crippen LogP contribution is -2.55. The zero-order valence-corrected chi connectivity index (χ0v) is 30.0. The van der Waals surface area contributed by atoms with Crippen molar-refractivity contribution in [3.05, 3.63) is 36.0 Å². The van der Waals surface area contributed by atoms with Gasteiger partial charge in [0, 0.05) is 61.8 Å². The first-order valence-electron chi connectivity index (χ1n) is 18.2. The average Bonchev–Trinajstić information content (AvgIpc) is 3.87. The smallest absolute Gasteiger partial charge is 0.245 e. The quantitative estimate of drug-likeness (QED) is 0.111. The topological polar surface area (TPSA) is 199 Å². The van der Waals surface area contributed by atoms with Crippen LogP contribution in [0.1, 0.15) is 83.6 Å². The summed E-state index contributed by atoms with van der Waals surface area (Å²) in [6, 6.07) is 4.37. The maximum Gasteiger partial charge on any atom is 0.245 e. The number of hydrogen-bond donors (Lipinski definition) is 6. The minimum Gasteiger partial charge on any atom is -0.361 e. The van der Waals surface area contributed by atoms with Crippen LogP contribution in [0.5, 0.6) is 0 Å². The van der Waals surface area contributed by atoms with Gasteiger partial charge < -0.3 is 36.5 Å². The first-order chi connectivity index (χ1) is 24.5. The Morgan fingerprint density at radius 2 is 1.76 bits per heavy atom. The fourth-order valence-corrected chi connectivity index (χ4v) is 6.92. The summed E-state index contributed by atoms with van der Waals surface area (Å²) in [5.74, 6) is -2.82. The molecule has 278 valence electrons. The van der Waals surface area contributed by atoms with Crippen LogP contribution >= 0.6 is 0 Å². The lowest BCUT2D eigenvalue weighted by atomic mass is 9.91. The molecule has 1 aromatic heterocycles. The molecule has 6 N–H and O–H groups in total. The summed E-state index contributed by atoms with van der Waals surface area (Å²) in [4.78, 5) is 95.3. The zero-order chi connectivity index (χ0) is 36.9. The van der Waals surface area contributed by atoms with Gasteiger partial charge in [0.15, 0.2) is 11.6 Å². The molecule has 0 bridgehead atoms. The highest BCUT2D eigenvalue weighted by molar-refractivity contribution is 5.97. The van der Waals surface area contributed by atoms with Crippen molar-refractivity contribution in [2.75, 3.05) is 26.7 Å². The number of fused-ring (bicyclic) bond motifs is 1. The van der Waals surface area contributed by atoms with E-state index in [2.05, 4.69) is 31.6 Å². The number of para-hydroxylation sites is 1. The number of carbonyl (C=O) groups is 7. The molecule has 2 saturated heterocycles. The highest BCUT2D eigenvalue weighted by Crippen LogP contribution is 2.22. The van der Waals surface area contributed by atoms with Gasteiger partial charge in [-0.05, 0) is 77.6 Å². The Balaban J connectivity index is 1.47. The number of aromatic amines is 1. The molecule has 0 saturated carbocycles. The molecule has 5 atom stereocenters. The Bertz CT molecular complexity index is 1570. The Hall–Kier alpha value is -4.59. The summed E-state index contributed by atoms with van der Waals surface area (Å²) in [5.41, 5.74) is 1.65. The standard InChI is InChI=1S/C37H53N7O7/c1-23(37(51)44-19-9-13-31(44)24(2)45)41-36(50)30(20-26-22-40-28-12-5-4-11-27(26)28)43-35(49)25(21-32(46)29-15-16-34(48)42-29)10-6-7-18-39-33(47)14-8-17-38-3/h4-5,11-12,22-23,25,29-31,38,40H,6-10,13-21H2,1-3H3,(H,39,47)(H,41,50)(H,42,48)(H,43,49). The number of rotatable bonds is 20. The van der Waals surface area contributed by atoms with Gasteiger partial charge in [-0.1, -0.05) is 24.6 Å².